The topological polar surface area (TPSA) is 33.1 Å². The van der Waals surface area contributed by atoms with Crippen LogP contribution in [0.2, 0.25) is 0 Å². The van der Waals surface area contributed by atoms with Crippen molar-refractivity contribution in [1.82, 2.24) is 18.7 Å². The average Bonchev–Trinajstić information content (AvgIpc) is 1.50. The molecule has 420 valence electrons. The van der Waals surface area contributed by atoms with Gasteiger partial charge in [-0.15, -0.1) is 23.6 Å². The molecule has 0 saturated carbocycles. The van der Waals surface area contributed by atoms with Crippen molar-refractivity contribution in [2.24, 2.45) is 0 Å². The van der Waals surface area contributed by atoms with Crippen LogP contribution in [0, 0.1) is 19.0 Å². The first kappa shape index (κ1) is 51.6. The molecule has 0 N–H and O–H groups in total. The molecule has 15 rings (SSSR count). The van der Waals surface area contributed by atoms with Gasteiger partial charge in [-0.1, -0.05) is 220 Å². The monoisotopic (exact) mass is 1300 g/mol. The number of hydrogen-bond donors (Lipinski definition) is 0. The van der Waals surface area contributed by atoms with Crippen LogP contribution in [0.15, 0.2) is 261 Å². The van der Waals surface area contributed by atoms with Crippen LogP contribution in [0.3, 0.4) is 0 Å². The van der Waals surface area contributed by atoms with Gasteiger partial charge in [0, 0.05) is 45.0 Å². The fourth-order valence-corrected chi connectivity index (χ4v) is 13.1. The first-order chi connectivity index (χ1) is 43.2. The molecule has 3 heterocycles. The number of benzene rings is 11. The quantitative estimate of drug-likeness (QED) is 0.0955. The molecule has 0 amide bonds. The van der Waals surface area contributed by atoms with Gasteiger partial charge in [0.05, 0.1) is 11.1 Å². The number of para-hydroxylation sites is 3. The summed E-state index contributed by atoms with van der Waals surface area (Å²) in [7, 11) is 0. The summed E-state index contributed by atoms with van der Waals surface area (Å²) in [5, 5.41) is 1.91. The van der Waals surface area contributed by atoms with E-state index in [1.54, 1.807) is 12.3 Å². The third kappa shape index (κ3) is 9.97. The van der Waals surface area contributed by atoms with E-state index in [2.05, 4.69) is 255 Å². The van der Waals surface area contributed by atoms with E-state index >= 15 is 0 Å². The van der Waals surface area contributed by atoms with E-state index in [1.807, 2.05) is 53.1 Å². The Bertz CT molecular complexity index is 4950. The number of aromatic nitrogens is 2. The van der Waals surface area contributed by atoms with E-state index in [-0.39, 0.29) is 37.5 Å². The second-order valence-corrected chi connectivity index (χ2v) is 24.0. The minimum Gasteiger partial charge on any atom is -0.509 e. The molecule has 5 nitrogen and oxygen atoms in total. The Balaban J connectivity index is 0.00000707. The van der Waals surface area contributed by atoms with Crippen LogP contribution < -0.4 is 13.9 Å². The number of rotatable bonds is 11. The molecule has 1 aliphatic heterocycles. The molecular formula is C81H62N4OPt+2. The number of ether oxygens (including phenoxy) is 1. The van der Waals surface area contributed by atoms with Gasteiger partial charge >= 0.3 is 27.1 Å². The van der Waals surface area contributed by atoms with Gasteiger partial charge in [0.2, 0.25) is 5.69 Å². The molecule has 0 bridgehead atoms. The van der Waals surface area contributed by atoms with Crippen LogP contribution in [0.4, 0.5) is 22.7 Å². The SMILES string of the molecule is [2H]C([2H])([2H])c1cc(-n2c3[c-]c(Oc4[c-]c([N+]5=C=[N+](c6c(-c7ccccc7)cccc6-c6cc(-c7ccccc7)cc(-c7ccccc7)c6)c6ccccc65)ccc4)ccc3c3c(-c4ccccc4)cccc32)ncc1-c1ccc2c(c1)C(C)(C)CCC2(C)C.[Pt+2]. The molecule has 0 radical (unpaired) electrons. The molecule has 2 aromatic heterocycles. The van der Waals surface area contributed by atoms with Crippen molar-refractivity contribution < 1.29 is 29.9 Å². The van der Waals surface area contributed by atoms with E-state index in [0.717, 1.165) is 113 Å². The van der Waals surface area contributed by atoms with Gasteiger partial charge in [0.1, 0.15) is 11.5 Å². The van der Waals surface area contributed by atoms with Crippen LogP contribution in [0.5, 0.6) is 11.5 Å². The second-order valence-electron chi connectivity index (χ2n) is 24.0. The molecule has 0 spiro atoms. The number of fused-ring (bicyclic) bond motifs is 5. The Labute approximate surface area is 528 Å². The number of pyridine rings is 1. The summed E-state index contributed by atoms with van der Waals surface area (Å²) in [6.45, 7) is 6.73. The maximum Gasteiger partial charge on any atom is 2.00 e. The summed E-state index contributed by atoms with van der Waals surface area (Å²) in [4.78, 5) is 5.17. The molecule has 0 unspecified atom stereocenters. The fourth-order valence-electron chi connectivity index (χ4n) is 13.1. The van der Waals surface area contributed by atoms with Gasteiger partial charge in [-0.2, -0.15) is 12.1 Å². The Morgan fingerprint density at radius 2 is 1.02 bits per heavy atom. The molecule has 0 saturated heterocycles. The molecule has 6 heteroatoms. The van der Waals surface area contributed by atoms with Gasteiger partial charge in [-0.05, 0) is 150 Å². The van der Waals surface area contributed by atoms with Crippen molar-refractivity contribution in [1.29, 1.82) is 0 Å². The van der Waals surface area contributed by atoms with Crippen LogP contribution in [-0.2, 0) is 31.9 Å². The van der Waals surface area contributed by atoms with E-state index in [1.165, 1.54) is 11.1 Å². The smallest absolute Gasteiger partial charge is 0.509 e. The molecule has 0 atom stereocenters. The summed E-state index contributed by atoms with van der Waals surface area (Å²) in [5.41, 5.74) is 20.2. The first-order valence-corrected chi connectivity index (χ1v) is 29.6. The first-order valence-electron chi connectivity index (χ1n) is 31.1. The standard InChI is InChI=1S/C81H62N4O.Pt/c1-54-45-77(82-52-70(54)59-39-42-71-72(49-59)81(4,5)44-43-80(71,2)3)85-75-38-22-33-66(57-27-14-8-15-28-57)78(75)69-41-40-65(51-76(69)85)86-64-32-20-31-63(50-64)83-53-84(74-37-19-18-36-73(74)83)79-67(58-29-16-9-17-30-58)34-21-35-68(79)62-47-60(55-23-10-6-11-24-55)46-61(48-62)56-25-12-7-13-26-56;/h6-42,45-49,52H,43-44H2,1-5H3;/q;+2/i1D3;. The van der Waals surface area contributed by atoms with Crippen molar-refractivity contribution in [3.63, 3.8) is 0 Å². The normalized spacial score (nSPS) is 14.4. The predicted molar refractivity (Wildman–Crippen MR) is 356 cm³/mol. The Morgan fingerprint density at radius 3 is 1.69 bits per heavy atom. The summed E-state index contributed by atoms with van der Waals surface area (Å²) in [5.74, 6) is 1.39. The van der Waals surface area contributed by atoms with Gasteiger partial charge in [0.15, 0.2) is 0 Å². The Morgan fingerprint density at radius 1 is 0.471 bits per heavy atom. The predicted octanol–water partition coefficient (Wildman–Crippen LogP) is 21.1. The van der Waals surface area contributed by atoms with Crippen LogP contribution >= 0.6 is 0 Å². The van der Waals surface area contributed by atoms with Gasteiger partial charge in [0.25, 0.3) is 11.4 Å². The van der Waals surface area contributed by atoms with E-state index in [0.29, 0.717) is 28.4 Å². The Kier molecular flexibility index (Phi) is 13.2. The van der Waals surface area contributed by atoms with E-state index in [9.17, 15) is 0 Å². The van der Waals surface area contributed by atoms with Crippen molar-refractivity contribution in [3.05, 3.63) is 290 Å². The van der Waals surface area contributed by atoms with Crippen molar-refractivity contribution in [2.75, 3.05) is 0 Å². The average molecular weight is 1310 g/mol. The fraction of sp³-hybridized carbons (Fsp3) is 0.111. The molecular weight excluding hydrogens is 1240 g/mol. The molecule has 11 aromatic carbocycles. The largest absolute Gasteiger partial charge is 2.00 e. The maximum atomic E-state index is 9.03. The zero-order valence-electron chi connectivity index (χ0n) is 51.8. The number of aryl methyl sites for hydroxylation is 1. The third-order valence-electron chi connectivity index (χ3n) is 17.6. The summed E-state index contributed by atoms with van der Waals surface area (Å²) < 4.78 is 40.3. The van der Waals surface area contributed by atoms with Crippen molar-refractivity contribution >= 4 is 50.6 Å². The van der Waals surface area contributed by atoms with Crippen molar-refractivity contribution in [3.8, 4) is 84.1 Å². The molecule has 13 aromatic rings. The van der Waals surface area contributed by atoms with Gasteiger partial charge in [-0.25, -0.2) is 4.98 Å². The number of nitrogens with zero attached hydrogens (tertiary/aromatic N) is 4. The summed E-state index contributed by atoms with van der Waals surface area (Å²) in [6, 6.07) is 99.5. The van der Waals surface area contributed by atoms with Gasteiger partial charge in [-0.3, -0.25) is 0 Å². The van der Waals surface area contributed by atoms with Gasteiger partial charge < -0.3 is 9.30 Å². The number of hydrogen-bond acceptors (Lipinski definition) is 2. The minimum atomic E-state index is -2.46. The molecule has 0 fully saturated rings. The Hall–Kier alpha value is -9.76. The summed E-state index contributed by atoms with van der Waals surface area (Å²) >= 11 is 0. The van der Waals surface area contributed by atoms with Crippen LogP contribution in [0.25, 0.3) is 94.4 Å². The zero-order chi connectivity index (χ0) is 60.6. The summed E-state index contributed by atoms with van der Waals surface area (Å²) in [6.07, 6.45) is 3.88. The third-order valence-corrected chi connectivity index (χ3v) is 17.6. The molecule has 2 aliphatic rings. The van der Waals surface area contributed by atoms with E-state index in [4.69, 9.17) is 13.8 Å². The van der Waals surface area contributed by atoms with Crippen LogP contribution in [0.1, 0.15) is 61.3 Å². The molecule has 1 aliphatic carbocycles. The second kappa shape index (κ2) is 22.3. The minimum absolute atomic E-state index is 0. The van der Waals surface area contributed by atoms with E-state index < -0.39 is 6.85 Å². The van der Waals surface area contributed by atoms with Crippen molar-refractivity contribution in [2.45, 2.75) is 58.2 Å². The molecule has 87 heavy (non-hydrogen) atoms. The maximum absolute atomic E-state index is 9.03. The van der Waals surface area contributed by atoms with Crippen LogP contribution in [-0.4, -0.2) is 15.6 Å². The zero-order valence-corrected chi connectivity index (χ0v) is 51.0.